The SMILES string of the molecule is CCNCC(C)(CC)CN1CCOc2ccccc2C1. The molecule has 0 saturated carbocycles. The summed E-state index contributed by atoms with van der Waals surface area (Å²) in [5.41, 5.74) is 1.64. The average molecular weight is 276 g/mol. The van der Waals surface area contributed by atoms with Gasteiger partial charge in [0.15, 0.2) is 0 Å². The van der Waals surface area contributed by atoms with E-state index in [4.69, 9.17) is 4.74 Å². The van der Waals surface area contributed by atoms with Crippen LogP contribution in [-0.2, 0) is 6.54 Å². The maximum absolute atomic E-state index is 5.85. The molecule has 0 spiro atoms. The standard InChI is InChI=1S/C17H28N2O/c1-4-17(3,13-18-5-2)14-19-10-11-20-16-9-7-6-8-15(16)12-19/h6-9,18H,4-5,10-14H2,1-3H3. The fourth-order valence-electron chi connectivity index (χ4n) is 2.77. The molecule has 1 aliphatic heterocycles. The van der Waals surface area contributed by atoms with E-state index in [0.29, 0.717) is 5.41 Å². The Morgan fingerprint density at radius 3 is 2.85 bits per heavy atom. The van der Waals surface area contributed by atoms with Crippen molar-refractivity contribution in [1.82, 2.24) is 10.2 Å². The van der Waals surface area contributed by atoms with Crippen molar-refractivity contribution in [1.29, 1.82) is 0 Å². The van der Waals surface area contributed by atoms with Crippen molar-refractivity contribution < 1.29 is 4.74 Å². The van der Waals surface area contributed by atoms with Gasteiger partial charge in [0.1, 0.15) is 12.4 Å². The minimum Gasteiger partial charge on any atom is -0.492 e. The second-order valence-corrected chi connectivity index (χ2v) is 6.11. The number of para-hydroxylation sites is 1. The highest BCUT2D eigenvalue weighted by Crippen LogP contribution is 2.27. The number of rotatable bonds is 6. The first-order valence-electron chi connectivity index (χ1n) is 7.80. The lowest BCUT2D eigenvalue weighted by Gasteiger charge is -2.34. The van der Waals surface area contributed by atoms with Gasteiger partial charge in [-0.05, 0) is 24.4 Å². The van der Waals surface area contributed by atoms with E-state index in [1.807, 2.05) is 0 Å². The smallest absolute Gasteiger partial charge is 0.123 e. The van der Waals surface area contributed by atoms with Crippen molar-refractivity contribution in [2.75, 3.05) is 32.8 Å². The summed E-state index contributed by atoms with van der Waals surface area (Å²) < 4.78 is 5.85. The Kier molecular flexibility index (Phi) is 5.44. The molecule has 0 aliphatic carbocycles. The summed E-state index contributed by atoms with van der Waals surface area (Å²) in [7, 11) is 0. The second-order valence-electron chi connectivity index (χ2n) is 6.11. The Bertz CT molecular complexity index is 421. The molecule has 0 aromatic heterocycles. The number of nitrogens with zero attached hydrogens (tertiary/aromatic N) is 1. The van der Waals surface area contributed by atoms with Gasteiger partial charge >= 0.3 is 0 Å². The molecule has 1 unspecified atom stereocenters. The van der Waals surface area contributed by atoms with Gasteiger partial charge < -0.3 is 10.1 Å². The predicted molar refractivity (Wildman–Crippen MR) is 84.2 cm³/mol. The molecule has 0 radical (unpaired) electrons. The topological polar surface area (TPSA) is 24.5 Å². The van der Waals surface area contributed by atoms with Crippen LogP contribution in [0.15, 0.2) is 24.3 Å². The molecule has 0 fully saturated rings. The second kappa shape index (κ2) is 7.09. The van der Waals surface area contributed by atoms with Crippen LogP contribution < -0.4 is 10.1 Å². The van der Waals surface area contributed by atoms with Crippen molar-refractivity contribution in [3.05, 3.63) is 29.8 Å². The molecule has 3 heteroatoms. The third-order valence-corrected chi connectivity index (χ3v) is 4.29. The molecule has 1 aromatic carbocycles. The Hall–Kier alpha value is -1.06. The van der Waals surface area contributed by atoms with Crippen molar-refractivity contribution in [2.24, 2.45) is 5.41 Å². The van der Waals surface area contributed by atoms with Crippen molar-refractivity contribution in [2.45, 2.75) is 33.7 Å². The molecule has 1 atom stereocenters. The van der Waals surface area contributed by atoms with Crippen molar-refractivity contribution in [3.63, 3.8) is 0 Å². The summed E-state index contributed by atoms with van der Waals surface area (Å²) in [6.07, 6.45) is 1.19. The van der Waals surface area contributed by atoms with Crippen LogP contribution in [0.3, 0.4) is 0 Å². The van der Waals surface area contributed by atoms with Gasteiger partial charge in [-0.15, -0.1) is 0 Å². The molecular weight excluding hydrogens is 248 g/mol. The minimum absolute atomic E-state index is 0.329. The van der Waals surface area contributed by atoms with Crippen LogP contribution in [0.4, 0.5) is 0 Å². The van der Waals surface area contributed by atoms with Crippen LogP contribution in [0.2, 0.25) is 0 Å². The summed E-state index contributed by atoms with van der Waals surface area (Å²) >= 11 is 0. The molecule has 20 heavy (non-hydrogen) atoms. The molecule has 0 bridgehead atoms. The van der Waals surface area contributed by atoms with Gasteiger partial charge in [0, 0.05) is 31.7 Å². The van der Waals surface area contributed by atoms with Gasteiger partial charge in [-0.1, -0.05) is 39.0 Å². The van der Waals surface area contributed by atoms with E-state index in [-0.39, 0.29) is 0 Å². The van der Waals surface area contributed by atoms with E-state index < -0.39 is 0 Å². The molecular formula is C17H28N2O. The fraction of sp³-hybridized carbons (Fsp3) is 0.647. The third-order valence-electron chi connectivity index (χ3n) is 4.29. The van der Waals surface area contributed by atoms with Gasteiger partial charge in [0.05, 0.1) is 0 Å². The highest BCUT2D eigenvalue weighted by Gasteiger charge is 2.26. The quantitative estimate of drug-likeness (QED) is 0.864. The minimum atomic E-state index is 0.329. The molecule has 3 nitrogen and oxygen atoms in total. The normalized spacial score (nSPS) is 18.8. The Morgan fingerprint density at radius 2 is 2.10 bits per heavy atom. The summed E-state index contributed by atoms with van der Waals surface area (Å²) in [4.78, 5) is 2.53. The first kappa shape index (κ1) is 15.3. The van der Waals surface area contributed by atoms with Gasteiger partial charge in [0.25, 0.3) is 0 Å². The number of benzene rings is 1. The molecule has 1 aliphatic rings. The van der Waals surface area contributed by atoms with E-state index in [9.17, 15) is 0 Å². The highest BCUT2D eigenvalue weighted by atomic mass is 16.5. The van der Waals surface area contributed by atoms with E-state index in [0.717, 1.165) is 45.1 Å². The van der Waals surface area contributed by atoms with Gasteiger partial charge in [-0.25, -0.2) is 0 Å². The fourth-order valence-corrected chi connectivity index (χ4v) is 2.77. The molecule has 1 N–H and O–H groups in total. The van der Waals surface area contributed by atoms with Crippen LogP contribution in [0, 0.1) is 5.41 Å². The highest BCUT2D eigenvalue weighted by molar-refractivity contribution is 5.33. The maximum Gasteiger partial charge on any atom is 0.123 e. The Morgan fingerprint density at radius 1 is 1.30 bits per heavy atom. The number of nitrogens with one attached hydrogen (secondary N) is 1. The Balaban J connectivity index is 2.02. The third kappa shape index (κ3) is 3.97. The molecule has 2 rings (SSSR count). The van der Waals surface area contributed by atoms with E-state index >= 15 is 0 Å². The van der Waals surface area contributed by atoms with E-state index in [2.05, 4.69) is 55.3 Å². The molecule has 1 heterocycles. The largest absolute Gasteiger partial charge is 0.492 e. The zero-order valence-corrected chi connectivity index (χ0v) is 13.1. The summed E-state index contributed by atoms with van der Waals surface area (Å²) in [6, 6.07) is 8.41. The zero-order valence-electron chi connectivity index (χ0n) is 13.1. The molecule has 0 saturated heterocycles. The van der Waals surface area contributed by atoms with Gasteiger partial charge in [-0.3, -0.25) is 4.90 Å². The van der Waals surface area contributed by atoms with Gasteiger partial charge in [0.2, 0.25) is 0 Å². The van der Waals surface area contributed by atoms with E-state index in [1.165, 1.54) is 12.0 Å². The lowest BCUT2D eigenvalue weighted by atomic mass is 9.86. The molecule has 112 valence electrons. The zero-order chi connectivity index (χ0) is 14.4. The first-order valence-corrected chi connectivity index (χ1v) is 7.80. The Labute approximate surface area is 123 Å². The van der Waals surface area contributed by atoms with Crippen molar-refractivity contribution >= 4 is 0 Å². The lowest BCUT2D eigenvalue weighted by Crippen LogP contribution is -2.42. The van der Waals surface area contributed by atoms with E-state index in [1.54, 1.807) is 0 Å². The first-order chi connectivity index (χ1) is 9.67. The molecule has 1 aromatic rings. The van der Waals surface area contributed by atoms with Crippen LogP contribution in [0.1, 0.15) is 32.8 Å². The number of hydrogen-bond acceptors (Lipinski definition) is 3. The van der Waals surface area contributed by atoms with Gasteiger partial charge in [-0.2, -0.15) is 0 Å². The average Bonchev–Trinajstić information content (AvgIpc) is 2.66. The molecule has 0 amide bonds. The number of hydrogen-bond donors (Lipinski definition) is 1. The predicted octanol–water partition coefficient (Wildman–Crippen LogP) is 2.91. The lowest BCUT2D eigenvalue weighted by molar-refractivity contribution is 0.140. The van der Waals surface area contributed by atoms with Crippen LogP contribution >= 0.6 is 0 Å². The number of fused-ring (bicyclic) bond motifs is 1. The van der Waals surface area contributed by atoms with Crippen LogP contribution in [0.5, 0.6) is 5.75 Å². The maximum atomic E-state index is 5.85. The summed E-state index contributed by atoms with van der Waals surface area (Å²) in [6.45, 7) is 12.9. The summed E-state index contributed by atoms with van der Waals surface area (Å²) in [5, 5.41) is 3.51. The van der Waals surface area contributed by atoms with Crippen LogP contribution in [0.25, 0.3) is 0 Å². The van der Waals surface area contributed by atoms with Crippen molar-refractivity contribution in [3.8, 4) is 5.75 Å². The monoisotopic (exact) mass is 276 g/mol. The van der Waals surface area contributed by atoms with Crippen LogP contribution in [-0.4, -0.2) is 37.7 Å². The summed E-state index contributed by atoms with van der Waals surface area (Å²) in [5.74, 6) is 1.06. The number of ether oxygens (including phenoxy) is 1.